The van der Waals surface area contributed by atoms with Crippen molar-refractivity contribution in [3.8, 4) is 0 Å². The van der Waals surface area contributed by atoms with Crippen LogP contribution < -0.4 is 4.90 Å². The average molecular weight is 447 g/mol. The molecular formula is C26H36ClFN2O. The molecule has 0 N–H and O–H groups in total. The summed E-state index contributed by atoms with van der Waals surface area (Å²) in [4.78, 5) is 17.7. The van der Waals surface area contributed by atoms with Gasteiger partial charge < -0.3 is 9.80 Å². The molecule has 1 aliphatic heterocycles. The van der Waals surface area contributed by atoms with Gasteiger partial charge in [-0.15, -0.1) is 0 Å². The molecule has 0 saturated carbocycles. The van der Waals surface area contributed by atoms with E-state index in [9.17, 15) is 9.18 Å². The number of carbonyl (C=O) groups is 1. The summed E-state index contributed by atoms with van der Waals surface area (Å²) in [7, 11) is 0. The molecule has 2 unspecified atom stereocenters. The first-order valence-electron chi connectivity index (χ1n) is 11.3. The number of benzene rings is 2. The van der Waals surface area contributed by atoms with E-state index in [0.717, 1.165) is 13.1 Å². The number of amides is 1. The van der Waals surface area contributed by atoms with Crippen molar-refractivity contribution in [1.82, 2.24) is 4.90 Å². The van der Waals surface area contributed by atoms with Gasteiger partial charge in [0, 0.05) is 42.3 Å². The summed E-state index contributed by atoms with van der Waals surface area (Å²) >= 11 is 5.87. The number of carbonyl (C=O) groups excluding carboxylic acids is 1. The third-order valence-corrected chi connectivity index (χ3v) is 6.18. The van der Waals surface area contributed by atoms with Crippen LogP contribution in [0.1, 0.15) is 45.7 Å². The van der Waals surface area contributed by atoms with Gasteiger partial charge >= 0.3 is 0 Å². The number of hydrogen-bond acceptors (Lipinski definition) is 2. The Morgan fingerprint density at radius 2 is 1.84 bits per heavy atom. The fraction of sp³-hybridized carbons (Fsp3) is 0.500. The molecule has 2 atom stereocenters. The fourth-order valence-electron chi connectivity index (χ4n) is 4.17. The zero-order valence-electron chi connectivity index (χ0n) is 19.7. The Hall–Kier alpha value is -2.07. The summed E-state index contributed by atoms with van der Waals surface area (Å²) in [6, 6.07) is 13.2. The summed E-state index contributed by atoms with van der Waals surface area (Å²) in [6.45, 7) is 14.6. The number of aryl methyl sites for hydroxylation is 1. The van der Waals surface area contributed by atoms with Gasteiger partial charge in [0.05, 0.1) is 0 Å². The van der Waals surface area contributed by atoms with Crippen molar-refractivity contribution in [2.24, 2.45) is 11.8 Å². The van der Waals surface area contributed by atoms with Gasteiger partial charge in [-0.2, -0.15) is 0 Å². The van der Waals surface area contributed by atoms with Crippen molar-refractivity contribution in [3.63, 3.8) is 0 Å². The quantitative estimate of drug-likeness (QED) is 0.533. The topological polar surface area (TPSA) is 23.6 Å². The highest BCUT2D eigenvalue weighted by Gasteiger charge is 2.34. The van der Waals surface area contributed by atoms with Crippen LogP contribution in [0.5, 0.6) is 0 Å². The zero-order valence-corrected chi connectivity index (χ0v) is 20.4. The number of rotatable bonds is 5. The second-order valence-electron chi connectivity index (χ2n) is 8.40. The van der Waals surface area contributed by atoms with E-state index in [0.29, 0.717) is 23.6 Å². The minimum atomic E-state index is -0.339. The first kappa shape index (κ1) is 25.2. The summed E-state index contributed by atoms with van der Waals surface area (Å²) in [5, 5.41) is 0.375. The van der Waals surface area contributed by atoms with Gasteiger partial charge in [-0.05, 0) is 55.5 Å². The molecule has 0 bridgehead atoms. The predicted octanol–water partition coefficient (Wildman–Crippen LogP) is 6.37. The maximum atomic E-state index is 14.3. The Labute approximate surface area is 192 Å². The van der Waals surface area contributed by atoms with E-state index < -0.39 is 0 Å². The maximum absolute atomic E-state index is 14.3. The molecule has 3 rings (SSSR count). The van der Waals surface area contributed by atoms with E-state index in [-0.39, 0.29) is 29.6 Å². The number of hydrogen-bond donors (Lipinski definition) is 0. The Kier molecular flexibility index (Phi) is 9.36. The van der Waals surface area contributed by atoms with Crippen LogP contribution in [0, 0.1) is 24.6 Å². The van der Waals surface area contributed by atoms with Gasteiger partial charge in [-0.3, -0.25) is 4.79 Å². The van der Waals surface area contributed by atoms with Crippen LogP contribution in [0.3, 0.4) is 0 Å². The maximum Gasteiger partial charge on any atom is 0.226 e. The van der Waals surface area contributed by atoms with Crippen LogP contribution in [0.15, 0.2) is 42.5 Å². The number of para-hydroxylation sites is 1. The summed E-state index contributed by atoms with van der Waals surface area (Å²) in [6.07, 6.45) is 0.393. The van der Waals surface area contributed by atoms with Crippen molar-refractivity contribution in [2.45, 2.75) is 54.0 Å². The van der Waals surface area contributed by atoms with E-state index in [1.54, 1.807) is 12.1 Å². The van der Waals surface area contributed by atoms with E-state index in [1.807, 2.05) is 38.7 Å². The van der Waals surface area contributed by atoms with Crippen LogP contribution >= 0.6 is 11.6 Å². The minimum absolute atomic E-state index is 0.104. The zero-order chi connectivity index (χ0) is 23.1. The first-order valence-corrected chi connectivity index (χ1v) is 11.7. The highest BCUT2D eigenvalue weighted by molar-refractivity contribution is 6.30. The molecule has 0 radical (unpaired) electrons. The molecule has 170 valence electrons. The highest BCUT2D eigenvalue weighted by Crippen LogP contribution is 2.27. The Morgan fingerprint density at radius 3 is 2.42 bits per heavy atom. The van der Waals surface area contributed by atoms with E-state index in [4.69, 9.17) is 11.6 Å². The lowest BCUT2D eigenvalue weighted by molar-refractivity contribution is -0.139. The van der Waals surface area contributed by atoms with Crippen LogP contribution in [0.4, 0.5) is 10.1 Å². The predicted molar refractivity (Wildman–Crippen MR) is 129 cm³/mol. The number of nitrogens with zero attached hydrogens (tertiary/aromatic N) is 2. The third-order valence-electron chi connectivity index (χ3n) is 5.94. The van der Waals surface area contributed by atoms with Crippen LogP contribution in [0.25, 0.3) is 0 Å². The second kappa shape index (κ2) is 11.5. The lowest BCUT2D eigenvalue weighted by Crippen LogP contribution is -2.56. The van der Waals surface area contributed by atoms with Gasteiger partial charge in [0.2, 0.25) is 5.91 Å². The minimum Gasteiger partial charge on any atom is -0.367 e. The highest BCUT2D eigenvalue weighted by atomic mass is 35.5. The number of piperazine rings is 1. The number of anilines is 1. The Bertz CT molecular complexity index is 870. The van der Waals surface area contributed by atoms with Gasteiger partial charge in [0.15, 0.2) is 0 Å². The molecule has 0 aliphatic carbocycles. The molecule has 2 aromatic rings. The Morgan fingerprint density at radius 1 is 1.16 bits per heavy atom. The average Bonchev–Trinajstić information content (AvgIpc) is 2.74. The van der Waals surface area contributed by atoms with Crippen LogP contribution in [0.2, 0.25) is 5.02 Å². The molecule has 1 amide bonds. The van der Waals surface area contributed by atoms with Crippen molar-refractivity contribution >= 4 is 23.2 Å². The van der Waals surface area contributed by atoms with Crippen molar-refractivity contribution < 1.29 is 9.18 Å². The van der Waals surface area contributed by atoms with Gasteiger partial charge in [-0.1, -0.05) is 63.6 Å². The standard InChI is InChI=1S/C24H30ClFN2O.C2H6/c1-16(2)21(13-19-9-10-20(25)14-22(19)26)24(29)28-12-11-27(15-18(28)4)23-8-6-5-7-17(23)3;1-2/h5-10,14,16,18,21H,11-13,15H2,1-4H3;1-2H3. The summed E-state index contributed by atoms with van der Waals surface area (Å²) in [5.41, 5.74) is 3.03. The smallest absolute Gasteiger partial charge is 0.226 e. The van der Waals surface area contributed by atoms with Crippen molar-refractivity contribution in [2.75, 3.05) is 24.5 Å². The van der Waals surface area contributed by atoms with Crippen LogP contribution in [-0.2, 0) is 11.2 Å². The first-order chi connectivity index (χ1) is 14.8. The molecule has 1 fully saturated rings. The van der Waals surface area contributed by atoms with E-state index in [2.05, 4.69) is 36.9 Å². The van der Waals surface area contributed by atoms with Crippen molar-refractivity contribution in [1.29, 1.82) is 0 Å². The monoisotopic (exact) mass is 446 g/mol. The fourth-order valence-corrected chi connectivity index (χ4v) is 4.33. The summed E-state index contributed by atoms with van der Waals surface area (Å²) in [5.74, 6) is -0.350. The second-order valence-corrected chi connectivity index (χ2v) is 8.84. The Balaban J connectivity index is 0.00000166. The molecule has 31 heavy (non-hydrogen) atoms. The normalized spacial score (nSPS) is 17.3. The van der Waals surface area contributed by atoms with Crippen molar-refractivity contribution in [3.05, 3.63) is 64.4 Å². The molecule has 1 heterocycles. The third kappa shape index (κ3) is 6.22. The number of halogens is 2. The van der Waals surface area contributed by atoms with E-state index in [1.165, 1.54) is 17.3 Å². The molecule has 5 heteroatoms. The molecule has 1 aliphatic rings. The summed E-state index contributed by atoms with van der Waals surface area (Å²) < 4.78 is 14.3. The molecule has 0 spiro atoms. The van der Waals surface area contributed by atoms with Crippen LogP contribution in [-0.4, -0.2) is 36.5 Å². The SMILES string of the molecule is CC.Cc1ccccc1N1CCN(C(=O)C(Cc2ccc(Cl)cc2F)C(C)C)C(C)C1. The van der Waals surface area contributed by atoms with Gasteiger partial charge in [-0.25, -0.2) is 4.39 Å². The molecule has 2 aromatic carbocycles. The largest absolute Gasteiger partial charge is 0.367 e. The lowest BCUT2D eigenvalue weighted by Gasteiger charge is -2.43. The molecule has 0 aromatic heterocycles. The molecule has 3 nitrogen and oxygen atoms in total. The molecule has 1 saturated heterocycles. The molecular weight excluding hydrogens is 411 g/mol. The van der Waals surface area contributed by atoms with Gasteiger partial charge in [0.1, 0.15) is 5.82 Å². The van der Waals surface area contributed by atoms with Gasteiger partial charge in [0.25, 0.3) is 0 Å². The lowest BCUT2D eigenvalue weighted by atomic mass is 9.87. The van der Waals surface area contributed by atoms with E-state index >= 15 is 0 Å².